The number of carbonyl (C=O) groups excluding carboxylic acids is 1. The average Bonchev–Trinajstić information content (AvgIpc) is 2.80. The van der Waals surface area contributed by atoms with Gasteiger partial charge in [-0.1, -0.05) is 40.9 Å². The predicted molar refractivity (Wildman–Crippen MR) is 143 cm³/mol. The molecule has 0 saturated carbocycles. The Bertz CT molecular complexity index is 1500. The molecule has 0 aliphatic heterocycles. The Hall–Kier alpha value is -2.70. The first-order valence-electron chi connectivity index (χ1n) is 10.00. The summed E-state index contributed by atoms with van der Waals surface area (Å²) in [5, 5.41) is 3.04. The standard InChI is InChI=1S/C22H20Cl3N3O6S2/c1-34-20-11-6-14(23)12-19(20)28(35(2,30)31)13-21(29)26-15-7-9-16(10-8-15)36(32,33)27-18-5-3-4-17(24)22(18)25/h3-12,27H,13H2,1-2H3,(H,26,29). The Labute approximate surface area is 224 Å². The fourth-order valence-electron chi connectivity index (χ4n) is 3.07. The molecule has 0 bridgehead atoms. The van der Waals surface area contributed by atoms with Crippen LogP contribution in [0.3, 0.4) is 0 Å². The highest BCUT2D eigenvalue weighted by atomic mass is 35.5. The lowest BCUT2D eigenvalue weighted by Crippen LogP contribution is -2.37. The maximum absolute atomic E-state index is 12.7. The first-order chi connectivity index (χ1) is 16.8. The largest absolute Gasteiger partial charge is 0.495 e. The summed E-state index contributed by atoms with van der Waals surface area (Å²) in [5.74, 6) is -0.471. The molecule has 9 nitrogen and oxygen atoms in total. The van der Waals surface area contributed by atoms with Crippen molar-refractivity contribution in [1.29, 1.82) is 0 Å². The van der Waals surface area contributed by atoms with Crippen molar-refractivity contribution in [2.75, 3.05) is 34.3 Å². The molecule has 2 N–H and O–H groups in total. The zero-order valence-corrected chi connectivity index (χ0v) is 22.7. The fourth-order valence-corrected chi connectivity index (χ4v) is 5.57. The van der Waals surface area contributed by atoms with E-state index in [4.69, 9.17) is 39.5 Å². The number of sulfonamides is 2. The number of hydrogen-bond acceptors (Lipinski definition) is 6. The van der Waals surface area contributed by atoms with E-state index in [0.29, 0.717) is 0 Å². The third kappa shape index (κ3) is 6.74. The van der Waals surface area contributed by atoms with Crippen molar-refractivity contribution in [3.8, 4) is 5.75 Å². The summed E-state index contributed by atoms with van der Waals surface area (Å²) < 4.78 is 58.6. The van der Waals surface area contributed by atoms with Crippen molar-refractivity contribution in [2.45, 2.75) is 4.90 Å². The van der Waals surface area contributed by atoms with E-state index >= 15 is 0 Å². The predicted octanol–water partition coefficient (Wildman–Crippen LogP) is 4.86. The molecular formula is C22H20Cl3N3O6S2. The molecular weight excluding hydrogens is 573 g/mol. The van der Waals surface area contributed by atoms with Crippen LogP contribution in [0.25, 0.3) is 0 Å². The van der Waals surface area contributed by atoms with E-state index in [2.05, 4.69) is 10.0 Å². The molecule has 0 heterocycles. The third-order valence-corrected chi connectivity index (χ3v) is 8.30. The lowest BCUT2D eigenvalue weighted by molar-refractivity contribution is -0.114. The topological polar surface area (TPSA) is 122 Å². The molecule has 0 atom stereocenters. The quantitative estimate of drug-likeness (QED) is 0.366. The highest BCUT2D eigenvalue weighted by Gasteiger charge is 2.25. The minimum Gasteiger partial charge on any atom is -0.495 e. The van der Waals surface area contributed by atoms with Crippen LogP contribution in [0.4, 0.5) is 17.1 Å². The zero-order chi connectivity index (χ0) is 26.7. The summed E-state index contributed by atoms with van der Waals surface area (Å²) in [6.45, 7) is -0.579. The first kappa shape index (κ1) is 27.9. The number of benzene rings is 3. The molecule has 0 aliphatic rings. The Morgan fingerprint density at radius 1 is 0.972 bits per heavy atom. The van der Waals surface area contributed by atoms with E-state index in [1.54, 1.807) is 6.07 Å². The van der Waals surface area contributed by atoms with E-state index < -0.39 is 32.5 Å². The lowest BCUT2D eigenvalue weighted by atomic mass is 10.3. The number of anilines is 3. The van der Waals surface area contributed by atoms with Crippen molar-refractivity contribution in [3.63, 3.8) is 0 Å². The summed E-state index contributed by atoms with van der Waals surface area (Å²) in [6.07, 6.45) is 0.944. The van der Waals surface area contributed by atoms with E-state index in [0.717, 1.165) is 10.6 Å². The number of nitrogens with one attached hydrogen (secondary N) is 2. The second kappa shape index (κ2) is 11.1. The minimum atomic E-state index is -4.00. The molecule has 0 unspecified atom stereocenters. The van der Waals surface area contributed by atoms with Crippen molar-refractivity contribution in [3.05, 3.63) is 75.7 Å². The van der Waals surface area contributed by atoms with Crippen molar-refractivity contribution >= 4 is 77.8 Å². The van der Waals surface area contributed by atoms with E-state index in [-0.39, 0.29) is 42.8 Å². The van der Waals surface area contributed by atoms with Crippen LogP contribution in [0.2, 0.25) is 15.1 Å². The molecule has 0 saturated heterocycles. The molecule has 36 heavy (non-hydrogen) atoms. The first-order valence-corrected chi connectivity index (χ1v) is 14.5. The second-order valence-electron chi connectivity index (χ2n) is 7.37. The number of halogens is 3. The summed E-state index contributed by atoms with van der Waals surface area (Å²) in [6, 6.07) is 14.2. The van der Waals surface area contributed by atoms with Gasteiger partial charge in [0.1, 0.15) is 12.3 Å². The van der Waals surface area contributed by atoms with Crippen LogP contribution in [-0.4, -0.2) is 42.7 Å². The SMILES string of the molecule is COc1ccc(Cl)cc1N(CC(=O)Nc1ccc(S(=O)(=O)Nc2cccc(Cl)c2Cl)cc1)S(C)(=O)=O. The molecule has 3 aromatic rings. The normalized spacial score (nSPS) is 11.6. The van der Waals surface area contributed by atoms with Crippen molar-refractivity contribution in [1.82, 2.24) is 0 Å². The molecule has 0 radical (unpaired) electrons. The van der Waals surface area contributed by atoms with Gasteiger partial charge in [0.15, 0.2) is 0 Å². The van der Waals surface area contributed by atoms with Gasteiger partial charge in [-0.3, -0.25) is 13.8 Å². The number of ether oxygens (including phenoxy) is 1. The highest BCUT2D eigenvalue weighted by Crippen LogP contribution is 2.33. The summed E-state index contributed by atoms with van der Waals surface area (Å²) in [7, 11) is -6.54. The van der Waals surface area contributed by atoms with E-state index in [9.17, 15) is 21.6 Å². The van der Waals surface area contributed by atoms with Gasteiger partial charge in [-0.05, 0) is 54.6 Å². The van der Waals surface area contributed by atoms with Crippen LogP contribution in [0.1, 0.15) is 0 Å². The average molecular weight is 593 g/mol. The number of hydrogen-bond donors (Lipinski definition) is 2. The van der Waals surface area contributed by atoms with Gasteiger partial charge in [-0.2, -0.15) is 0 Å². The van der Waals surface area contributed by atoms with Gasteiger partial charge < -0.3 is 10.1 Å². The molecule has 0 aliphatic carbocycles. The molecule has 0 fully saturated rings. The summed E-state index contributed by atoms with van der Waals surface area (Å²) in [4.78, 5) is 12.6. The summed E-state index contributed by atoms with van der Waals surface area (Å²) >= 11 is 18.0. The molecule has 1 amide bonds. The van der Waals surface area contributed by atoms with Crippen LogP contribution in [0, 0.1) is 0 Å². The molecule has 3 aromatic carbocycles. The number of methoxy groups -OCH3 is 1. The van der Waals surface area contributed by atoms with Crippen molar-refractivity contribution < 1.29 is 26.4 Å². The second-order valence-corrected chi connectivity index (χ2v) is 12.2. The molecule has 0 aromatic heterocycles. The molecule has 192 valence electrons. The summed E-state index contributed by atoms with van der Waals surface area (Å²) in [5.41, 5.74) is 0.444. The Balaban J connectivity index is 1.77. The van der Waals surface area contributed by atoms with Gasteiger partial charge in [0.2, 0.25) is 15.9 Å². The fraction of sp³-hybridized carbons (Fsp3) is 0.136. The van der Waals surface area contributed by atoms with Crippen LogP contribution in [0.15, 0.2) is 65.6 Å². The third-order valence-electron chi connectivity index (χ3n) is 4.74. The van der Waals surface area contributed by atoms with Gasteiger partial charge in [0, 0.05) is 10.7 Å². The maximum Gasteiger partial charge on any atom is 0.261 e. The van der Waals surface area contributed by atoms with Crippen LogP contribution in [-0.2, 0) is 24.8 Å². The lowest BCUT2D eigenvalue weighted by Gasteiger charge is -2.24. The Morgan fingerprint density at radius 2 is 1.64 bits per heavy atom. The van der Waals surface area contributed by atoms with E-state index in [1.807, 2.05) is 0 Å². The Morgan fingerprint density at radius 3 is 2.25 bits per heavy atom. The smallest absolute Gasteiger partial charge is 0.261 e. The van der Waals surface area contributed by atoms with Crippen LogP contribution >= 0.6 is 34.8 Å². The molecule has 3 rings (SSSR count). The maximum atomic E-state index is 12.7. The number of rotatable bonds is 9. The highest BCUT2D eigenvalue weighted by molar-refractivity contribution is 7.92. The number of amides is 1. The number of nitrogens with zero attached hydrogens (tertiary/aromatic N) is 1. The van der Waals surface area contributed by atoms with E-state index in [1.165, 1.54) is 61.7 Å². The van der Waals surface area contributed by atoms with Gasteiger partial charge in [-0.25, -0.2) is 16.8 Å². The van der Waals surface area contributed by atoms with Gasteiger partial charge in [-0.15, -0.1) is 0 Å². The zero-order valence-electron chi connectivity index (χ0n) is 18.8. The van der Waals surface area contributed by atoms with Gasteiger partial charge in [0.25, 0.3) is 10.0 Å². The number of carbonyl (C=O) groups is 1. The molecule has 14 heteroatoms. The van der Waals surface area contributed by atoms with Crippen LogP contribution in [0.5, 0.6) is 5.75 Å². The van der Waals surface area contributed by atoms with Crippen molar-refractivity contribution in [2.24, 2.45) is 0 Å². The Kier molecular flexibility index (Phi) is 8.63. The van der Waals surface area contributed by atoms with Crippen LogP contribution < -0.4 is 19.1 Å². The van der Waals surface area contributed by atoms with Gasteiger partial charge >= 0.3 is 0 Å². The minimum absolute atomic E-state index is 0.0541. The van der Waals surface area contributed by atoms with Gasteiger partial charge in [0.05, 0.1) is 39.7 Å². The monoisotopic (exact) mass is 591 g/mol. The molecule has 0 spiro atoms.